The largest absolute Gasteiger partial charge is 0.480 e. The molecule has 1 amide bonds. The summed E-state index contributed by atoms with van der Waals surface area (Å²) in [6.45, 7) is 5.07. The summed E-state index contributed by atoms with van der Waals surface area (Å²) in [6, 6.07) is -1.05. The van der Waals surface area contributed by atoms with Crippen molar-refractivity contribution in [2.45, 2.75) is 45.3 Å². The average Bonchev–Trinajstić information content (AvgIpc) is 2.06. The molecule has 1 fully saturated rings. The summed E-state index contributed by atoms with van der Waals surface area (Å²) in [5.74, 6) is -1.45. The lowest BCUT2D eigenvalue weighted by atomic mass is 9.78. The lowest BCUT2D eigenvalue weighted by molar-refractivity contribution is -0.143. The molecule has 1 aliphatic carbocycles. The summed E-state index contributed by atoms with van der Waals surface area (Å²) in [4.78, 5) is 33.2. The van der Waals surface area contributed by atoms with E-state index in [0.717, 1.165) is 0 Å². The minimum Gasteiger partial charge on any atom is -0.480 e. The number of rotatable bonds is 3. The predicted octanol–water partition coefficient (Wildman–Crippen LogP) is 0.943. The van der Waals surface area contributed by atoms with Gasteiger partial charge in [0.2, 0.25) is 0 Å². The van der Waals surface area contributed by atoms with E-state index in [-0.39, 0.29) is 24.5 Å². The van der Waals surface area contributed by atoms with E-state index in [1.807, 2.05) is 0 Å². The van der Waals surface area contributed by atoms with Crippen molar-refractivity contribution in [3.8, 4) is 0 Å². The van der Waals surface area contributed by atoms with Gasteiger partial charge >= 0.3 is 12.1 Å². The van der Waals surface area contributed by atoms with Gasteiger partial charge in [-0.15, -0.1) is 0 Å². The standard InChI is InChI=1S/C11H17NO5/c1-11(2,3)17-10(16)12-8(9(14)15)6-4-7(13)5-6/h6,8H,4-5H2,1-3H3,(H,12,16)(H,14,15)/t8-/m0/s1. The molecule has 6 heteroatoms. The van der Waals surface area contributed by atoms with Crippen molar-refractivity contribution in [2.75, 3.05) is 0 Å². The fourth-order valence-electron chi connectivity index (χ4n) is 1.58. The van der Waals surface area contributed by atoms with Gasteiger partial charge in [0.25, 0.3) is 0 Å². The van der Waals surface area contributed by atoms with Gasteiger partial charge in [0, 0.05) is 18.8 Å². The van der Waals surface area contributed by atoms with Crippen molar-refractivity contribution in [2.24, 2.45) is 5.92 Å². The van der Waals surface area contributed by atoms with Gasteiger partial charge in [-0.05, 0) is 20.8 Å². The van der Waals surface area contributed by atoms with E-state index in [1.165, 1.54) is 0 Å². The molecule has 0 unspecified atom stereocenters. The maximum Gasteiger partial charge on any atom is 0.408 e. The average molecular weight is 243 g/mol. The Morgan fingerprint density at radius 1 is 1.41 bits per heavy atom. The Labute approximate surface area is 99.3 Å². The fraction of sp³-hybridized carbons (Fsp3) is 0.727. The van der Waals surface area contributed by atoms with E-state index in [9.17, 15) is 14.4 Å². The molecule has 0 bridgehead atoms. The third-order valence-corrected chi connectivity index (χ3v) is 2.39. The molecule has 0 heterocycles. The second-order valence-corrected chi connectivity index (χ2v) is 5.17. The first-order valence-electron chi connectivity index (χ1n) is 5.43. The summed E-state index contributed by atoms with van der Waals surface area (Å²) in [5, 5.41) is 11.2. The summed E-state index contributed by atoms with van der Waals surface area (Å²) in [5.41, 5.74) is -0.678. The Morgan fingerprint density at radius 3 is 2.29 bits per heavy atom. The molecule has 6 nitrogen and oxygen atoms in total. The smallest absolute Gasteiger partial charge is 0.408 e. The van der Waals surface area contributed by atoms with E-state index in [1.54, 1.807) is 20.8 Å². The van der Waals surface area contributed by atoms with Crippen molar-refractivity contribution >= 4 is 17.8 Å². The molecule has 0 aliphatic heterocycles. The lowest BCUT2D eigenvalue weighted by Gasteiger charge is -2.31. The quantitative estimate of drug-likeness (QED) is 0.769. The number of aliphatic carboxylic acids is 1. The number of hydrogen-bond acceptors (Lipinski definition) is 4. The number of carboxylic acids is 1. The normalized spacial score (nSPS) is 18.2. The number of carbonyl (C=O) groups is 3. The van der Waals surface area contributed by atoms with Crippen molar-refractivity contribution in [3.63, 3.8) is 0 Å². The van der Waals surface area contributed by atoms with Gasteiger partial charge < -0.3 is 15.2 Å². The highest BCUT2D eigenvalue weighted by molar-refractivity contribution is 5.89. The number of hydrogen-bond donors (Lipinski definition) is 2. The Balaban J connectivity index is 2.53. The van der Waals surface area contributed by atoms with Crippen LogP contribution in [0.3, 0.4) is 0 Å². The van der Waals surface area contributed by atoms with E-state index >= 15 is 0 Å². The molecule has 1 aliphatic rings. The van der Waals surface area contributed by atoms with E-state index in [0.29, 0.717) is 0 Å². The van der Waals surface area contributed by atoms with Gasteiger partial charge in [0.1, 0.15) is 17.4 Å². The zero-order valence-electron chi connectivity index (χ0n) is 10.1. The van der Waals surface area contributed by atoms with Crippen LogP contribution in [0.25, 0.3) is 0 Å². The summed E-state index contributed by atoms with van der Waals surface area (Å²) < 4.78 is 4.97. The van der Waals surface area contributed by atoms with Crippen molar-refractivity contribution in [1.82, 2.24) is 5.32 Å². The first-order valence-corrected chi connectivity index (χ1v) is 5.43. The SMILES string of the molecule is CC(C)(C)OC(=O)N[C@H](C(=O)O)C1CC(=O)C1. The Bertz CT molecular complexity index is 336. The summed E-state index contributed by atoms with van der Waals surface area (Å²) in [6.07, 6.45) is -0.372. The molecule has 0 aromatic heterocycles. The van der Waals surface area contributed by atoms with E-state index in [2.05, 4.69) is 5.32 Å². The molecule has 0 saturated heterocycles. The summed E-state index contributed by atoms with van der Waals surface area (Å²) >= 11 is 0. The predicted molar refractivity (Wildman–Crippen MR) is 58.5 cm³/mol. The minimum absolute atomic E-state index is 0.0206. The van der Waals surface area contributed by atoms with Gasteiger partial charge in [-0.1, -0.05) is 0 Å². The zero-order valence-corrected chi connectivity index (χ0v) is 10.1. The van der Waals surface area contributed by atoms with Crippen LogP contribution in [-0.2, 0) is 14.3 Å². The van der Waals surface area contributed by atoms with Crippen LogP contribution in [0.1, 0.15) is 33.6 Å². The van der Waals surface area contributed by atoms with E-state index in [4.69, 9.17) is 9.84 Å². The van der Waals surface area contributed by atoms with Crippen LogP contribution in [0.2, 0.25) is 0 Å². The number of carboxylic acid groups (broad SMARTS) is 1. The second kappa shape index (κ2) is 4.73. The van der Waals surface area contributed by atoms with Crippen molar-refractivity contribution in [1.29, 1.82) is 0 Å². The zero-order chi connectivity index (χ0) is 13.2. The molecule has 96 valence electrons. The number of amides is 1. The molecule has 17 heavy (non-hydrogen) atoms. The Kier molecular flexibility index (Phi) is 3.75. The molecular weight excluding hydrogens is 226 g/mol. The number of Topliss-reactive ketones (excluding diaryl/α,β-unsaturated/α-hetero) is 1. The number of alkyl carbamates (subject to hydrolysis) is 1. The second-order valence-electron chi connectivity index (χ2n) is 5.17. The first kappa shape index (κ1) is 13.5. The van der Waals surface area contributed by atoms with Crippen LogP contribution in [0.5, 0.6) is 0 Å². The lowest BCUT2D eigenvalue weighted by Crippen LogP contribution is -2.51. The van der Waals surface area contributed by atoms with Crippen LogP contribution in [0, 0.1) is 5.92 Å². The Morgan fingerprint density at radius 2 is 1.94 bits per heavy atom. The maximum atomic E-state index is 11.4. The highest BCUT2D eigenvalue weighted by atomic mass is 16.6. The van der Waals surface area contributed by atoms with Crippen LogP contribution >= 0.6 is 0 Å². The molecule has 0 aromatic rings. The highest BCUT2D eigenvalue weighted by Crippen LogP contribution is 2.26. The van der Waals surface area contributed by atoms with Gasteiger partial charge in [-0.2, -0.15) is 0 Å². The van der Waals surface area contributed by atoms with Gasteiger partial charge in [0.15, 0.2) is 0 Å². The Hall–Kier alpha value is -1.59. The van der Waals surface area contributed by atoms with Crippen LogP contribution in [0.4, 0.5) is 4.79 Å². The number of carbonyl (C=O) groups excluding carboxylic acids is 2. The van der Waals surface area contributed by atoms with Gasteiger partial charge in [-0.25, -0.2) is 9.59 Å². The topological polar surface area (TPSA) is 92.7 Å². The third kappa shape index (κ3) is 4.05. The fourth-order valence-corrected chi connectivity index (χ4v) is 1.58. The number of ether oxygens (including phenoxy) is 1. The van der Waals surface area contributed by atoms with Gasteiger partial charge in [0.05, 0.1) is 0 Å². The monoisotopic (exact) mass is 243 g/mol. The van der Waals surface area contributed by atoms with Gasteiger partial charge in [-0.3, -0.25) is 4.79 Å². The molecule has 0 aromatic carbocycles. The van der Waals surface area contributed by atoms with Crippen molar-refractivity contribution in [3.05, 3.63) is 0 Å². The van der Waals surface area contributed by atoms with E-state index < -0.39 is 23.7 Å². The molecule has 0 radical (unpaired) electrons. The highest BCUT2D eigenvalue weighted by Gasteiger charge is 2.39. The van der Waals surface area contributed by atoms with Crippen LogP contribution in [0.15, 0.2) is 0 Å². The third-order valence-electron chi connectivity index (χ3n) is 2.39. The molecule has 1 atom stereocenters. The molecule has 2 N–H and O–H groups in total. The molecule has 1 saturated carbocycles. The van der Waals surface area contributed by atoms with Crippen LogP contribution < -0.4 is 5.32 Å². The number of nitrogens with one attached hydrogen (secondary N) is 1. The van der Waals surface area contributed by atoms with Crippen LogP contribution in [-0.4, -0.2) is 34.6 Å². The molecule has 1 rings (SSSR count). The van der Waals surface area contributed by atoms with Crippen molar-refractivity contribution < 1.29 is 24.2 Å². The minimum atomic E-state index is -1.15. The maximum absolute atomic E-state index is 11.4. The molecular formula is C11H17NO5. The number of ketones is 1. The molecule has 0 spiro atoms. The first-order chi connectivity index (χ1) is 7.69. The summed E-state index contributed by atoms with van der Waals surface area (Å²) in [7, 11) is 0.